The molecule has 0 N–H and O–H groups in total. The van der Waals surface area contributed by atoms with Crippen LogP contribution in [0.2, 0.25) is 0 Å². The van der Waals surface area contributed by atoms with Crippen LogP contribution in [0, 0.1) is 0 Å². The van der Waals surface area contributed by atoms with E-state index in [0.29, 0.717) is 0 Å². The minimum absolute atomic E-state index is 1.24. The molecule has 0 fully saturated rings. The molecule has 0 aliphatic heterocycles. The predicted molar refractivity (Wildman–Crippen MR) is 51.1 cm³/mol. The topological polar surface area (TPSA) is 3.24 Å². The van der Waals surface area contributed by atoms with Gasteiger partial charge in [0.05, 0.1) is 0 Å². The van der Waals surface area contributed by atoms with E-state index in [0.717, 1.165) is 0 Å². The van der Waals surface area contributed by atoms with Gasteiger partial charge in [0.2, 0.25) is 0 Å². The van der Waals surface area contributed by atoms with E-state index < -0.39 is 0 Å². The fourth-order valence-corrected chi connectivity index (χ4v) is 1.20. The Hall–Kier alpha value is 0.390. The van der Waals surface area contributed by atoms with Gasteiger partial charge in [0, 0.05) is 13.1 Å². The van der Waals surface area contributed by atoms with Crippen molar-refractivity contribution in [3.05, 3.63) is 0 Å². The second-order valence-electron chi connectivity index (χ2n) is 2.74. The molecule has 0 aliphatic rings. The van der Waals surface area contributed by atoms with Crippen molar-refractivity contribution >= 4 is 9.39 Å². The average molecular weight is 161 g/mol. The second kappa shape index (κ2) is 7.50. The molecule has 0 saturated heterocycles. The van der Waals surface area contributed by atoms with Crippen LogP contribution in [0.15, 0.2) is 0 Å². The molecule has 1 nitrogen and oxygen atoms in total. The molecule has 1 unspecified atom stereocenters. The Labute approximate surface area is 67.4 Å². The maximum absolute atomic E-state index is 2.79. The summed E-state index contributed by atoms with van der Waals surface area (Å²) in [5.74, 6) is 0. The third-order valence-electron chi connectivity index (χ3n) is 1.60. The van der Waals surface area contributed by atoms with Crippen molar-refractivity contribution in [1.82, 2.24) is 4.67 Å². The molecule has 0 aromatic heterocycles. The molecule has 0 spiro atoms. The van der Waals surface area contributed by atoms with Crippen molar-refractivity contribution in [3.8, 4) is 0 Å². The molecule has 0 saturated carbocycles. The number of hydrogen-bond acceptors (Lipinski definition) is 1. The lowest BCUT2D eigenvalue weighted by atomic mass is 10.3. The first-order valence-electron chi connectivity index (χ1n) is 4.30. The zero-order chi connectivity index (χ0) is 7.82. The fraction of sp³-hybridized carbons (Fsp3) is 1.00. The van der Waals surface area contributed by atoms with Gasteiger partial charge in [-0.3, -0.25) is 4.67 Å². The Morgan fingerprint density at radius 3 is 1.70 bits per heavy atom. The summed E-state index contributed by atoms with van der Waals surface area (Å²) in [4.78, 5) is 0. The molecule has 0 rings (SSSR count). The molecule has 10 heavy (non-hydrogen) atoms. The SMILES string of the molecule is CCCCN(P)CCCC. The first-order chi connectivity index (χ1) is 4.81. The van der Waals surface area contributed by atoms with E-state index in [1.807, 2.05) is 0 Å². The largest absolute Gasteiger partial charge is 0.287 e. The second-order valence-corrected chi connectivity index (χ2v) is 3.47. The van der Waals surface area contributed by atoms with Gasteiger partial charge in [-0.1, -0.05) is 36.1 Å². The van der Waals surface area contributed by atoms with E-state index in [2.05, 4.69) is 27.9 Å². The number of hydrogen-bond donors (Lipinski definition) is 0. The highest BCUT2D eigenvalue weighted by molar-refractivity contribution is 7.13. The monoisotopic (exact) mass is 161 g/mol. The Morgan fingerprint density at radius 1 is 1.00 bits per heavy atom. The molecule has 0 radical (unpaired) electrons. The van der Waals surface area contributed by atoms with Crippen LogP contribution in [0.4, 0.5) is 0 Å². The molecule has 1 atom stereocenters. The van der Waals surface area contributed by atoms with E-state index in [-0.39, 0.29) is 0 Å². The van der Waals surface area contributed by atoms with Crippen LogP contribution in [0.25, 0.3) is 0 Å². The minimum atomic E-state index is 1.24. The highest BCUT2D eigenvalue weighted by Gasteiger charge is 1.94. The van der Waals surface area contributed by atoms with Gasteiger partial charge in [0.15, 0.2) is 0 Å². The molecular weight excluding hydrogens is 141 g/mol. The average Bonchev–Trinajstić information content (AvgIpc) is 1.97. The lowest BCUT2D eigenvalue weighted by Gasteiger charge is -2.14. The van der Waals surface area contributed by atoms with Crippen LogP contribution in [0.5, 0.6) is 0 Å². The molecule has 2 heteroatoms. The van der Waals surface area contributed by atoms with Crippen LogP contribution in [0.1, 0.15) is 39.5 Å². The van der Waals surface area contributed by atoms with Crippen LogP contribution < -0.4 is 0 Å². The maximum atomic E-state index is 2.79. The molecule has 0 aromatic rings. The first-order valence-corrected chi connectivity index (χ1v) is 4.82. The maximum Gasteiger partial charge on any atom is 0.00160 e. The van der Waals surface area contributed by atoms with Gasteiger partial charge < -0.3 is 0 Å². The molecule has 0 aromatic carbocycles. The van der Waals surface area contributed by atoms with E-state index in [1.165, 1.54) is 38.8 Å². The summed E-state index contributed by atoms with van der Waals surface area (Å²) in [6.07, 6.45) is 5.26. The van der Waals surface area contributed by atoms with Crippen molar-refractivity contribution in [2.45, 2.75) is 39.5 Å². The number of unbranched alkanes of at least 4 members (excludes halogenated alkanes) is 2. The van der Waals surface area contributed by atoms with Gasteiger partial charge in [0.1, 0.15) is 0 Å². The van der Waals surface area contributed by atoms with E-state index in [4.69, 9.17) is 0 Å². The summed E-state index contributed by atoms with van der Waals surface area (Å²) in [5, 5.41) is 0. The third-order valence-corrected chi connectivity index (χ3v) is 2.11. The molecule has 0 bridgehead atoms. The lowest BCUT2D eigenvalue weighted by Crippen LogP contribution is -2.13. The van der Waals surface area contributed by atoms with Gasteiger partial charge in [-0.05, 0) is 12.8 Å². The Balaban J connectivity index is 3.00. The molecule has 0 heterocycles. The number of rotatable bonds is 6. The Kier molecular flexibility index (Phi) is 7.79. The normalized spacial score (nSPS) is 10.8. The van der Waals surface area contributed by atoms with Gasteiger partial charge in [-0.15, -0.1) is 0 Å². The highest BCUT2D eigenvalue weighted by atomic mass is 31.0. The van der Waals surface area contributed by atoms with Crippen molar-refractivity contribution in [2.24, 2.45) is 0 Å². The zero-order valence-electron chi connectivity index (χ0n) is 7.27. The van der Waals surface area contributed by atoms with Crippen LogP contribution >= 0.6 is 9.39 Å². The summed E-state index contributed by atoms with van der Waals surface area (Å²) in [6.45, 7) is 6.94. The van der Waals surface area contributed by atoms with Crippen molar-refractivity contribution in [2.75, 3.05) is 13.1 Å². The van der Waals surface area contributed by atoms with E-state index in [1.54, 1.807) is 0 Å². The van der Waals surface area contributed by atoms with Crippen molar-refractivity contribution in [1.29, 1.82) is 0 Å². The summed E-state index contributed by atoms with van der Waals surface area (Å²) in [7, 11) is 2.79. The standard InChI is InChI=1S/C8H20NP/c1-3-5-7-9(10)8-6-4-2/h3-8,10H2,1-2H3. The van der Waals surface area contributed by atoms with Gasteiger partial charge >= 0.3 is 0 Å². The summed E-state index contributed by atoms with van der Waals surface area (Å²) in [6, 6.07) is 0. The summed E-state index contributed by atoms with van der Waals surface area (Å²) >= 11 is 0. The van der Waals surface area contributed by atoms with Gasteiger partial charge in [-0.25, -0.2) is 0 Å². The third kappa shape index (κ3) is 6.51. The Bertz CT molecular complexity index is 58.3. The minimum Gasteiger partial charge on any atom is -0.287 e. The smallest absolute Gasteiger partial charge is 0.00160 e. The van der Waals surface area contributed by atoms with Gasteiger partial charge in [-0.2, -0.15) is 0 Å². The summed E-state index contributed by atoms with van der Waals surface area (Å²) < 4.78 is 2.34. The van der Waals surface area contributed by atoms with Crippen molar-refractivity contribution in [3.63, 3.8) is 0 Å². The molecule has 62 valence electrons. The zero-order valence-corrected chi connectivity index (χ0v) is 8.42. The van der Waals surface area contributed by atoms with E-state index in [9.17, 15) is 0 Å². The van der Waals surface area contributed by atoms with Crippen LogP contribution in [0.3, 0.4) is 0 Å². The molecule has 0 aliphatic carbocycles. The van der Waals surface area contributed by atoms with Gasteiger partial charge in [0.25, 0.3) is 0 Å². The van der Waals surface area contributed by atoms with Crippen molar-refractivity contribution < 1.29 is 0 Å². The van der Waals surface area contributed by atoms with Crippen LogP contribution in [-0.4, -0.2) is 17.8 Å². The van der Waals surface area contributed by atoms with Crippen LogP contribution in [-0.2, 0) is 0 Å². The Morgan fingerprint density at radius 2 is 1.40 bits per heavy atom. The summed E-state index contributed by atoms with van der Waals surface area (Å²) in [5.41, 5.74) is 0. The van der Waals surface area contributed by atoms with E-state index >= 15 is 0 Å². The predicted octanol–water partition coefficient (Wildman–Crippen LogP) is 2.68. The molecule has 0 amide bonds. The lowest BCUT2D eigenvalue weighted by molar-refractivity contribution is 0.443. The number of nitrogens with zero attached hydrogens (tertiary/aromatic N) is 1. The fourth-order valence-electron chi connectivity index (χ4n) is 0.834. The highest BCUT2D eigenvalue weighted by Crippen LogP contribution is 2.03. The first kappa shape index (κ1) is 10.4. The molecular formula is C8H20NP. The quantitative estimate of drug-likeness (QED) is 0.541.